The number of aromatic hydroxyl groups is 1. The van der Waals surface area contributed by atoms with Gasteiger partial charge in [0.2, 0.25) is 0 Å². The third kappa shape index (κ3) is 2.38. The van der Waals surface area contributed by atoms with Crippen molar-refractivity contribution in [2.45, 2.75) is 26.7 Å². The lowest BCUT2D eigenvalue weighted by Crippen LogP contribution is -1.93. The fourth-order valence-corrected chi connectivity index (χ4v) is 1.31. The third-order valence-electron chi connectivity index (χ3n) is 1.90. The van der Waals surface area contributed by atoms with Gasteiger partial charge in [-0.25, -0.2) is 0 Å². The van der Waals surface area contributed by atoms with Crippen LogP contribution < -0.4 is 4.74 Å². The number of phenols is 1. The van der Waals surface area contributed by atoms with E-state index in [0.29, 0.717) is 18.1 Å². The van der Waals surface area contributed by atoms with Crippen molar-refractivity contribution in [3.63, 3.8) is 0 Å². The molecule has 0 aliphatic carbocycles. The van der Waals surface area contributed by atoms with E-state index in [1.807, 2.05) is 19.1 Å². The first-order chi connectivity index (χ1) is 6.29. The van der Waals surface area contributed by atoms with Gasteiger partial charge in [0.05, 0.1) is 6.61 Å². The summed E-state index contributed by atoms with van der Waals surface area (Å²) in [4.78, 5) is 0. The molecule has 72 valence electrons. The largest absolute Gasteiger partial charge is 0.504 e. The zero-order valence-electron chi connectivity index (χ0n) is 8.21. The van der Waals surface area contributed by atoms with Crippen molar-refractivity contribution in [2.24, 2.45) is 0 Å². The van der Waals surface area contributed by atoms with Gasteiger partial charge >= 0.3 is 0 Å². The van der Waals surface area contributed by atoms with E-state index in [0.717, 1.165) is 18.4 Å². The molecule has 1 N–H and O–H groups in total. The number of phenolic OH excluding ortho intramolecular Hbond substituents is 1. The zero-order valence-corrected chi connectivity index (χ0v) is 8.21. The number of para-hydroxylation sites is 1. The normalized spacial score (nSPS) is 10.0. The maximum Gasteiger partial charge on any atom is 0.161 e. The van der Waals surface area contributed by atoms with Crippen molar-refractivity contribution in [1.29, 1.82) is 0 Å². The third-order valence-corrected chi connectivity index (χ3v) is 1.90. The van der Waals surface area contributed by atoms with Crippen LogP contribution in [-0.2, 0) is 6.42 Å². The summed E-state index contributed by atoms with van der Waals surface area (Å²) in [7, 11) is 0. The van der Waals surface area contributed by atoms with Crippen molar-refractivity contribution in [1.82, 2.24) is 0 Å². The summed E-state index contributed by atoms with van der Waals surface area (Å²) < 4.78 is 5.27. The van der Waals surface area contributed by atoms with Crippen molar-refractivity contribution in [3.05, 3.63) is 23.8 Å². The first-order valence-corrected chi connectivity index (χ1v) is 4.73. The highest BCUT2D eigenvalue weighted by Crippen LogP contribution is 2.30. The van der Waals surface area contributed by atoms with Crippen molar-refractivity contribution in [2.75, 3.05) is 6.61 Å². The molecule has 0 spiro atoms. The highest BCUT2D eigenvalue weighted by atomic mass is 16.5. The number of rotatable bonds is 4. The van der Waals surface area contributed by atoms with Crippen molar-refractivity contribution >= 4 is 0 Å². The summed E-state index contributed by atoms with van der Waals surface area (Å²) in [5.41, 5.74) is 0.966. The monoisotopic (exact) mass is 180 g/mol. The fraction of sp³-hybridized carbons (Fsp3) is 0.455. The molecule has 0 heterocycles. The highest BCUT2D eigenvalue weighted by Gasteiger charge is 2.05. The lowest BCUT2D eigenvalue weighted by atomic mass is 10.1. The number of aryl methyl sites for hydroxylation is 1. The van der Waals surface area contributed by atoms with Gasteiger partial charge in [0.1, 0.15) is 0 Å². The van der Waals surface area contributed by atoms with Crippen LogP contribution in [0, 0.1) is 0 Å². The average Bonchev–Trinajstić information content (AvgIpc) is 2.13. The molecule has 0 saturated heterocycles. The van der Waals surface area contributed by atoms with Gasteiger partial charge in [-0.05, 0) is 25.0 Å². The van der Waals surface area contributed by atoms with Crippen LogP contribution >= 0.6 is 0 Å². The van der Waals surface area contributed by atoms with Crippen LogP contribution in [0.15, 0.2) is 18.2 Å². The predicted molar refractivity (Wildman–Crippen MR) is 53.3 cm³/mol. The molecule has 0 saturated carbocycles. The predicted octanol–water partition coefficient (Wildman–Crippen LogP) is 2.74. The highest BCUT2D eigenvalue weighted by molar-refractivity contribution is 5.45. The summed E-state index contributed by atoms with van der Waals surface area (Å²) >= 11 is 0. The minimum absolute atomic E-state index is 0.297. The lowest BCUT2D eigenvalue weighted by molar-refractivity contribution is 0.316. The fourth-order valence-electron chi connectivity index (χ4n) is 1.31. The van der Waals surface area contributed by atoms with E-state index >= 15 is 0 Å². The van der Waals surface area contributed by atoms with Crippen LogP contribution in [0.2, 0.25) is 0 Å². The van der Waals surface area contributed by atoms with E-state index in [-0.39, 0.29) is 0 Å². The molecule has 0 fully saturated rings. The maximum absolute atomic E-state index is 9.73. The molecule has 0 aliphatic heterocycles. The average molecular weight is 180 g/mol. The van der Waals surface area contributed by atoms with Gasteiger partial charge in [0.25, 0.3) is 0 Å². The van der Waals surface area contributed by atoms with E-state index in [1.165, 1.54) is 0 Å². The molecule has 0 radical (unpaired) electrons. The van der Waals surface area contributed by atoms with Gasteiger partial charge in [0, 0.05) is 0 Å². The Labute approximate surface area is 79.2 Å². The molecule has 0 aromatic heterocycles. The number of hydrogen-bond donors (Lipinski definition) is 1. The Kier molecular flexibility index (Phi) is 3.62. The van der Waals surface area contributed by atoms with Crippen molar-refractivity contribution < 1.29 is 9.84 Å². The second-order valence-corrected chi connectivity index (χ2v) is 2.95. The minimum atomic E-state index is 0.297. The van der Waals surface area contributed by atoms with Crippen LogP contribution in [0.3, 0.4) is 0 Å². The van der Waals surface area contributed by atoms with Crippen LogP contribution in [0.5, 0.6) is 11.5 Å². The molecule has 0 amide bonds. The summed E-state index contributed by atoms with van der Waals surface area (Å²) in [6.07, 6.45) is 1.93. The Hall–Kier alpha value is -1.18. The minimum Gasteiger partial charge on any atom is -0.504 e. The molecule has 1 rings (SSSR count). The second kappa shape index (κ2) is 4.75. The standard InChI is InChI=1S/C11H16O2/c1-3-6-9-7-5-8-10(11(9)12)13-4-2/h5,7-8,12H,3-4,6H2,1-2H3. The smallest absolute Gasteiger partial charge is 0.161 e. The molecular weight excluding hydrogens is 164 g/mol. The van der Waals surface area contributed by atoms with Gasteiger partial charge in [-0.15, -0.1) is 0 Å². The Balaban J connectivity index is 2.89. The lowest BCUT2D eigenvalue weighted by Gasteiger charge is -2.08. The first-order valence-electron chi connectivity index (χ1n) is 4.73. The van der Waals surface area contributed by atoms with E-state index in [2.05, 4.69) is 6.92 Å². The topological polar surface area (TPSA) is 29.5 Å². The Morgan fingerprint density at radius 1 is 1.31 bits per heavy atom. The number of ether oxygens (including phenoxy) is 1. The summed E-state index contributed by atoms with van der Waals surface area (Å²) in [6, 6.07) is 5.63. The van der Waals surface area contributed by atoms with Gasteiger partial charge in [-0.3, -0.25) is 0 Å². The summed E-state index contributed by atoms with van der Waals surface area (Å²) in [5.74, 6) is 0.889. The zero-order chi connectivity index (χ0) is 9.68. The van der Waals surface area contributed by atoms with Gasteiger partial charge in [-0.2, -0.15) is 0 Å². The quantitative estimate of drug-likeness (QED) is 0.772. The van der Waals surface area contributed by atoms with Crippen LogP contribution in [0.4, 0.5) is 0 Å². The molecule has 0 bridgehead atoms. The van der Waals surface area contributed by atoms with E-state index in [4.69, 9.17) is 4.74 Å². The molecule has 0 aliphatic rings. The number of benzene rings is 1. The van der Waals surface area contributed by atoms with Gasteiger partial charge < -0.3 is 9.84 Å². The van der Waals surface area contributed by atoms with Crippen LogP contribution in [-0.4, -0.2) is 11.7 Å². The number of hydrogen-bond acceptors (Lipinski definition) is 2. The van der Waals surface area contributed by atoms with Gasteiger partial charge in [0.15, 0.2) is 11.5 Å². The Morgan fingerprint density at radius 2 is 2.08 bits per heavy atom. The maximum atomic E-state index is 9.73. The SMILES string of the molecule is CCCc1cccc(OCC)c1O. The van der Waals surface area contributed by atoms with E-state index in [9.17, 15) is 5.11 Å². The Morgan fingerprint density at radius 3 is 2.69 bits per heavy atom. The van der Waals surface area contributed by atoms with Gasteiger partial charge in [-0.1, -0.05) is 25.5 Å². The molecule has 1 aromatic rings. The molecule has 1 aromatic carbocycles. The molecular formula is C11H16O2. The molecule has 0 atom stereocenters. The van der Waals surface area contributed by atoms with Crippen molar-refractivity contribution in [3.8, 4) is 11.5 Å². The summed E-state index contributed by atoms with van der Waals surface area (Å²) in [6.45, 7) is 4.59. The Bertz CT molecular complexity index is 245. The molecule has 2 heteroatoms. The van der Waals surface area contributed by atoms with E-state index in [1.54, 1.807) is 6.07 Å². The first kappa shape index (κ1) is 9.90. The molecule has 0 unspecified atom stereocenters. The van der Waals surface area contributed by atoms with E-state index < -0.39 is 0 Å². The van der Waals surface area contributed by atoms with Crippen LogP contribution in [0.25, 0.3) is 0 Å². The summed E-state index contributed by atoms with van der Waals surface area (Å²) in [5, 5.41) is 9.73. The second-order valence-electron chi connectivity index (χ2n) is 2.95. The molecule has 13 heavy (non-hydrogen) atoms. The van der Waals surface area contributed by atoms with Crippen LogP contribution in [0.1, 0.15) is 25.8 Å². The molecule has 2 nitrogen and oxygen atoms in total.